The molecule has 2 atom stereocenters. The number of amides is 3. The second-order valence-electron chi connectivity index (χ2n) is 10.9. The Labute approximate surface area is 244 Å². The number of ketones is 1. The molecule has 2 N–H and O–H groups in total. The van der Waals surface area contributed by atoms with Crippen LogP contribution in [0.1, 0.15) is 56.7 Å². The van der Waals surface area contributed by atoms with E-state index in [1.807, 2.05) is 35.7 Å². The molecule has 0 spiro atoms. The Bertz CT molecular complexity index is 1430. The number of pyridine rings is 1. The number of thiophene rings is 1. The van der Waals surface area contributed by atoms with Gasteiger partial charge < -0.3 is 15.5 Å². The topological polar surface area (TPSA) is 121 Å². The monoisotopic (exact) mass is 573 g/mol. The molecule has 1 aliphatic heterocycles. The summed E-state index contributed by atoms with van der Waals surface area (Å²) >= 11 is 1.64. The van der Waals surface area contributed by atoms with Crippen LogP contribution in [-0.4, -0.2) is 53.0 Å². The summed E-state index contributed by atoms with van der Waals surface area (Å²) in [5.74, 6) is -1.51. The summed E-state index contributed by atoms with van der Waals surface area (Å²) in [5, 5.41) is 7.41. The van der Waals surface area contributed by atoms with Crippen LogP contribution in [0.2, 0.25) is 0 Å². The number of aromatic nitrogens is 1. The number of hydrogen-bond acceptors (Lipinski definition) is 7. The number of carbonyl (C=O) groups is 4. The van der Waals surface area contributed by atoms with Crippen LogP contribution >= 0.6 is 11.3 Å². The SMILES string of the molecule is C[C@H](NC(=O)CCCc1cccs1)C(=O)NC1N=C(c2ccccn2)c2ccccc2N(CC(=O)C(C)(C)C)C1=O. The van der Waals surface area contributed by atoms with Crippen LogP contribution in [0, 0.1) is 5.41 Å². The number of benzene rings is 1. The maximum atomic E-state index is 13.9. The van der Waals surface area contributed by atoms with Crippen LogP contribution in [-0.2, 0) is 25.6 Å². The van der Waals surface area contributed by atoms with E-state index in [-0.39, 0.29) is 24.7 Å². The molecule has 10 heteroatoms. The standard InChI is InChI=1S/C31H35N5O4S/c1-20(33-26(38)16-9-11-21-12-10-18-41-21)29(39)35-28-30(40)36(19-25(37)31(2,3)4)24-15-6-5-13-22(24)27(34-28)23-14-7-8-17-32-23/h5-8,10,12-15,17-18,20,28H,9,11,16,19H2,1-4H3,(H,33,38)(H,35,39)/t20-,28?/m0/s1. The van der Waals surface area contributed by atoms with Gasteiger partial charge in [-0.1, -0.05) is 51.1 Å². The molecule has 2 aromatic heterocycles. The normalized spacial score (nSPS) is 15.8. The molecule has 9 nitrogen and oxygen atoms in total. The molecule has 0 radical (unpaired) electrons. The first-order valence-corrected chi connectivity index (χ1v) is 14.5. The maximum Gasteiger partial charge on any atom is 0.272 e. The Kier molecular flexibility index (Phi) is 9.44. The molecule has 0 fully saturated rings. The summed E-state index contributed by atoms with van der Waals surface area (Å²) in [5.41, 5.74) is 1.36. The molecule has 1 unspecified atom stereocenters. The van der Waals surface area contributed by atoms with E-state index in [1.54, 1.807) is 69.5 Å². The van der Waals surface area contributed by atoms with Gasteiger partial charge in [-0.15, -0.1) is 11.3 Å². The van der Waals surface area contributed by atoms with Crippen LogP contribution < -0.4 is 15.5 Å². The van der Waals surface area contributed by atoms with Crippen LogP contribution in [0.5, 0.6) is 0 Å². The minimum absolute atomic E-state index is 0.143. The van der Waals surface area contributed by atoms with E-state index in [0.29, 0.717) is 29.1 Å². The third kappa shape index (κ3) is 7.52. The molecule has 3 heterocycles. The molecule has 3 aromatic rings. The van der Waals surface area contributed by atoms with Gasteiger partial charge in [-0.2, -0.15) is 0 Å². The lowest BCUT2D eigenvalue weighted by Crippen LogP contribution is -2.54. The maximum absolute atomic E-state index is 13.9. The number of para-hydroxylation sites is 1. The summed E-state index contributed by atoms with van der Waals surface area (Å²) in [7, 11) is 0. The molecular formula is C31H35N5O4S. The number of aliphatic imine (C=N–C) groups is 1. The first-order chi connectivity index (χ1) is 19.5. The average molecular weight is 574 g/mol. The van der Waals surface area contributed by atoms with E-state index in [1.165, 1.54) is 9.78 Å². The highest BCUT2D eigenvalue weighted by Gasteiger charge is 2.36. The van der Waals surface area contributed by atoms with Gasteiger partial charge in [0.25, 0.3) is 5.91 Å². The van der Waals surface area contributed by atoms with E-state index in [0.717, 1.165) is 6.42 Å². The molecular weight excluding hydrogens is 538 g/mol. The summed E-state index contributed by atoms with van der Waals surface area (Å²) in [6, 6.07) is 15.6. The van der Waals surface area contributed by atoms with Crippen LogP contribution in [0.15, 0.2) is 71.2 Å². The number of carbonyl (C=O) groups excluding carboxylic acids is 4. The van der Waals surface area contributed by atoms with Crippen LogP contribution in [0.3, 0.4) is 0 Å². The van der Waals surface area contributed by atoms with E-state index in [9.17, 15) is 19.2 Å². The molecule has 0 saturated carbocycles. The second-order valence-corrected chi connectivity index (χ2v) is 12.0. The average Bonchev–Trinajstić information content (AvgIpc) is 3.43. The van der Waals surface area contributed by atoms with Gasteiger partial charge in [-0.25, -0.2) is 4.99 Å². The predicted octanol–water partition coefficient (Wildman–Crippen LogP) is 3.91. The summed E-state index contributed by atoms with van der Waals surface area (Å²) in [4.78, 5) is 64.4. The number of rotatable bonds is 10. The number of nitrogens with one attached hydrogen (secondary N) is 2. The van der Waals surface area contributed by atoms with Gasteiger partial charge in [0.05, 0.1) is 23.6 Å². The van der Waals surface area contributed by atoms with Crippen molar-refractivity contribution in [2.24, 2.45) is 10.4 Å². The van der Waals surface area contributed by atoms with Gasteiger partial charge in [-0.3, -0.25) is 24.2 Å². The molecule has 0 bridgehead atoms. The van der Waals surface area contributed by atoms with Crippen LogP contribution in [0.4, 0.5) is 5.69 Å². The highest BCUT2D eigenvalue weighted by Crippen LogP contribution is 2.29. The Hall–Kier alpha value is -4.18. The molecule has 1 aliphatic rings. The van der Waals surface area contributed by atoms with Gasteiger partial charge >= 0.3 is 0 Å². The molecule has 1 aromatic carbocycles. The van der Waals surface area contributed by atoms with Crippen molar-refractivity contribution in [2.75, 3.05) is 11.4 Å². The quantitative estimate of drug-likeness (QED) is 0.381. The van der Waals surface area contributed by atoms with Gasteiger partial charge in [0, 0.05) is 28.5 Å². The zero-order valence-electron chi connectivity index (χ0n) is 23.7. The van der Waals surface area contributed by atoms with E-state index >= 15 is 0 Å². The number of anilines is 1. The Morgan fingerprint density at radius 3 is 2.49 bits per heavy atom. The lowest BCUT2D eigenvalue weighted by Gasteiger charge is -2.28. The van der Waals surface area contributed by atoms with Crippen molar-refractivity contribution in [1.82, 2.24) is 15.6 Å². The first-order valence-electron chi connectivity index (χ1n) is 13.6. The van der Waals surface area contributed by atoms with Crippen molar-refractivity contribution in [3.05, 3.63) is 82.3 Å². The number of nitrogens with zero attached hydrogens (tertiary/aromatic N) is 3. The van der Waals surface area contributed by atoms with Crippen LogP contribution in [0.25, 0.3) is 0 Å². The smallest absolute Gasteiger partial charge is 0.272 e. The third-order valence-electron chi connectivity index (χ3n) is 6.71. The summed E-state index contributed by atoms with van der Waals surface area (Å²) in [6.07, 6.45) is 2.01. The van der Waals surface area contributed by atoms with Crippen molar-refractivity contribution in [1.29, 1.82) is 0 Å². The fourth-order valence-electron chi connectivity index (χ4n) is 4.29. The van der Waals surface area contributed by atoms with Crippen molar-refractivity contribution >= 4 is 46.2 Å². The Balaban J connectivity index is 1.57. The predicted molar refractivity (Wildman–Crippen MR) is 160 cm³/mol. The van der Waals surface area contributed by atoms with Crippen molar-refractivity contribution in [3.8, 4) is 0 Å². The molecule has 41 heavy (non-hydrogen) atoms. The minimum atomic E-state index is -1.34. The van der Waals surface area contributed by atoms with Crippen molar-refractivity contribution in [3.63, 3.8) is 0 Å². The molecule has 0 aliphatic carbocycles. The van der Waals surface area contributed by atoms with Gasteiger partial charge in [-0.05, 0) is 49.4 Å². The number of Topliss-reactive ketones (excluding diaryl/α,β-unsaturated/α-hetero) is 1. The fourth-order valence-corrected chi connectivity index (χ4v) is 5.04. The fraction of sp³-hybridized carbons (Fsp3) is 0.355. The minimum Gasteiger partial charge on any atom is -0.345 e. The van der Waals surface area contributed by atoms with Gasteiger partial charge in [0.2, 0.25) is 18.0 Å². The zero-order chi connectivity index (χ0) is 29.6. The highest BCUT2D eigenvalue weighted by atomic mass is 32.1. The second kappa shape index (κ2) is 13.0. The number of fused-ring (bicyclic) bond motifs is 1. The Morgan fingerprint density at radius 1 is 1.05 bits per heavy atom. The number of aryl methyl sites for hydroxylation is 1. The number of hydrogen-bond donors (Lipinski definition) is 2. The third-order valence-corrected chi connectivity index (χ3v) is 7.65. The summed E-state index contributed by atoms with van der Waals surface area (Å²) in [6.45, 7) is 6.76. The van der Waals surface area contributed by atoms with Crippen molar-refractivity contribution in [2.45, 2.75) is 59.2 Å². The largest absolute Gasteiger partial charge is 0.345 e. The summed E-state index contributed by atoms with van der Waals surface area (Å²) < 4.78 is 0. The molecule has 214 valence electrons. The molecule has 4 rings (SSSR count). The first kappa shape index (κ1) is 29.8. The highest BCUT2D eigenvalue weighted by molar-refractivity contribution is 7.09. The Morgan fingerprint density at radius 2 is 1.80 bits per heavy atom. The lowest BCUT2D eigenvalue weighted by atomic mass is 9.90. The van der Waals surface area contributed by atoms with E-state index < -0.39 is 29.4 Å². The van der Waals surface area contributed by atoms with Gasteiger partial charge in [0.1, 0.15) is 6.04 Å². The zero-order valence-corrected chi connectivity index (χ0v) is 24.5. The van der Waals surface area contributed by atoms with Gasteiger partial charge in [0.15, 0.2) is 5.78 Å². The number of benzodiazepines with no additional fused rings is 1. The van der Waals surface area contributed by atoms with Crippen molar-refractivity contribution < 1.29 is 19.2 Å². The van der Waals surface area contributed by atoms with E-state index in [2.05, 4.69) is 20.6 Å². The molecule has 0 saturated heterocycles. The van der Waals surface area contributed by atoms with E-state index in [4.69, 9.17) is 0 Å². The molecule has 3 amide bonds. The lowest BCUT2D eigenvalue weighted by molar-refractivity contribution is -0.131.